The van der Waals surface area contributed by atoms with Gasteiger partial charge in [0, 0.05) is 12.7 Å². The van der Waals surface area contributed by atoms with Gasteiger partial charge in [-0.15, -0.1) is 0 Å². The van der Waals surface area contributed by atoms with E-state index in [1.165, 1.54) is 24.4 Å². The highest BCUT2D eigenvalue weighted by Gasteiger charge is 2.07. The third-order valence-electron chi connectivity index (χ3n) is 2.77. The van der Waals surface area contributed by atoms with E-state index in [4.69, 9.17) is 16.7 Å². The van der Waals surface area contributed by atoms with Crippen LogP contribution in [0.5, 0.6) is 0 Å². The first-order valence-electron chi connectivity index (χ1n) is 6.03. The van der Waals surface area contributed by atoms with Crippen LogP contribution in [0.3, 0.4) is 0 Å². The van der Waals surface area contributed by atoms with Gasteiger partial charge in [-0.05, 0) is 30.2 Å². The minimum Gasteiger partial charge on any atom is -0.367 e. The number of nitrogens with zero attached hydrogens (tertiary/aromatic N) is 1. The first kappa shape index (κ1) is 15.7. The lowest BCUT2D eigenvalue weighted by molar-refractivity contribution is 0.597. The largest absolute Gasteiger partial charge is 0.367 e. The molecule has 8 heteroatoms. The Balaban J connectivity index is 1.94. The summed E-state index contributed by atoms with van der Waals surface area (Å²) in [5.41, 5.74) is 0.893. The van der Waals surface area contributed by atoms with Crippen molar-refractivity contribution in [3.05, 3.63) is 52.9 Å². The molecule has 0 aliphatic rings. The summed E-state index contributed by atoms with van der Waals surface area (Å²) < 4.78 is 35.7. The van der Waals surface area contributed by atoms with Crippen molar-refractivity contribution in [3.63, 3.8) is 0 Å². The van der Waals surface area contributed by atoms with Crippen LogP contribution in [0.1, 0.15) is 5.56 Å². The van der Waals surface area contributed by atoms with E-state index in [2.05, 4.69) is 10.3 Å². The number of aromatic nitrogens is 1. The highest BCUT2D eigenvalue weighted by atomic mass is 35.5. The molecule has 2 rings (SSSR count). The molecule has 0 atom stereocenters. The van der Waals surface area contributed by atoms with Crippen LogP contribution in [0.2, 0.25) is 5.02 Å². The van der Waals surface area contributed by atoms with Crippen molar-refractivity contribution in [2.45, 2.75) is 11.3 Å². The number of primary sulfonamides is 1. The van der Waals surface area contributed by atoms with Gasteiger partial charge in [0.2, 0.25) is 10.0 Å². The number of sulfonamides is 1. The van der Waals surface area contributed by atoms with Crippen LogP contribution in [-0.4, -0.2) is 19.9 Å². The average molecular weight is 330 g/mol. The monoisotopic (exact) mass is 329 g/mol. The second kappa shape index (κ2) is 6.38. The van der Waals surface area contributed by atoms with Crippen LogP contribution in [-0.2, 0) is 16.4 Å². The zero-order chi connectivity index (χ0) is 15.5. The summed E-state index contributed by atoms with van der Waals surface area (Å²) in [6.07, 6.45) is 1.93. The van der Waals surface area contributed by atoms with Crippen molar-refractivity contribution in [1.82, 2.24) is 4.98 Å². The summed E-state index contributed by atoms with van der Waals surface area (Å²) >= 11 is 5.61. The van der Waals surface area contributed by atoms with E-state index in [9.17, 15) is 12.8 Å². The van der Waals surface area contributed by atoms with Gasteiger partial charge in [-0.25, -0.2) is 22.9 Å². The minimum absolute atomic E-state index is 0.0598. The van der Waals surface area contributed by atoms with Gasteiger partial charge in [0.25, 0.3) is 0 Å². The van der Waals surface area contributed by atoms with Crippen molar-refractivity contribution in [3.8, 4) is 0 Å². The molecular formula is C13H13ClFN3O2S. The summed E-state index contributed by atoms with van der Waals surface area (Å²) in [5.74, 6) is -0.396. The predicted molar refractivity (Wildman–Crippen MR) is 79.2 cm³/mol. The Morgan fingerprint density at radius 2 is 1.95 bits per heavy atom. The molecule has 0 aliphatic carbocycles. The van der Waals surface area contributed by atoms with Crippen LogP contribution in [0.4, 0.5) is 10.2 Å². The second-order valence-electron chi connectivity index (χ2n) is 4.35. The first-order valence-corrected chi connectivity index (χ1v) is 7.95. The second-order valence-corrected chi connectivity index (χ2v) is 6.35. The van der Waals surface area contributed by atoms with Gasteiger partial charge in [0.05, 0.1) is 9.92 Å². The lowest BCUT2D eigenvalue weighted by Gasteiger charge is -2.07. The number of halogens is 2. The summed E-state index contributed by atoms with van der Waals surface area (Å²) in [6, 6.07) is 7.37. The molecular weight excluding hydrogens is 317 g/mol. The average Bonchev–Trinajstić information content (AvgIpc) is 2.41. The molecule has 3 N–H and O–H groups in total. The van der Waals surface area contributed by atoms with Gasteiger partial charge in [-0.2, -0.15) is 0 Å². The lowest BCUT2D eigenvalue weighted by Crippen LogP contribution is -2.12. The van der Waals surface area contributed by atoms with Crippen molar-refractivity contribution in [1.29, 1.82) is 0 Å². The first-order chi connectivity index (χ1) is 9.86. The smallest absolute Gasteiger partial charge is 0.238 e. The van der Waals surface area contributed by atoms with E-state index >= 15 is 0 Å². The number of pyridine rings is 1. The molecule has 0 unspecified atom stereocenters. The van der Waals surface area contributed by atoms with E-state index in [0.717, 1.165) is 5.56 Å². The van der Waals surface area contributed by atoms with Gasteiger partial charge in [0.1, 0.15) is 0 Å². The molecule has 0 saturated heterocycles. The van der Waals surface area contributed by atoms with Gasteiger partial charge in [0.15, 0.2) is 11.6 Å². The Labute approximate surface area is 127 Å². The molecule has 0 aliphatic heterocycles. The predicted octanol–water partition coefficient (Wildman–Crippen LogP) is 2.18. The van der Waals surface area contributed by atoms with E-state index in [-0.39, 0.29) is 15.7 Å². The number of benzene rings is 1. The fraction of sp³-hybridized carbons (Fsp3) is 0.154. The quantitative estimate of drug-likeness (QED) is 0.880. The summed E-state index contributed by atoms with van der Waals surface area (Å²) in [7, 11) is -3.68. The van der Waals surface area contributed by atoms with Crippen LogP contribution in [0, 0.1) is 5.82 Å². The molecule has 1 aromatic carbocycles. The molecule has 1 heterocycles. The number of rotatable bonds is 5. The highest BCUT2D eigenvalue weighted by Crippen LogP contribution is 2.15. The Hall–Kier alpha value is -1.70. The Bertz CT molecular complexity index is 736. The molecule has 21 heavy (non-hydrogen) atoms. The van der Waals surface area contributed by atoms with Gasteiger partial charge < -0.3 is 5.32 Å². The SMILES string of the molecule is NS(=O)(=O)c1ccc(CCNc2ncc(Cl)cc2F)cc1. The fourth-order valence-corrected chi connectivity index (χ4v) is 2.38. The number of hydrogen-bond acceptors (Lipinski definition) is 4. The zero-order valence-electron chi connectivity index (χ0n) is 10.9. The molecule has 0 amide bonds. The molecule has 0 bridgehead atoms. The number of hydrogen-bond donors (Lipinski definition) is 2. The number of nitrogens with one attached hydrogen (secondary N) is 1. The number of nitrogens with two attached hydrogens (primary N) is 1. The van der Waals surface area contributed by atoms with Crippen molar-refractivity contribution < 1.29 is 12.8 Å². The van der Waals surface area contributed by atoms with Gasteiger partial charge >= 0.3 is 0 Å². The van der Waals surface area contributed by atoms with Crippen LogP contribution in [0.25, 0.3) is 0 Å². The molecule has 1 aromatic heterocycles. The molecule has 0 saturated carbocycles. The summed E-state index contributed by atoms with van der Waals surface area (Å²) in [5, 5.41) is 8.09. The molecule has 112 valence electrons. The normalized spacial score (nSPS) is 11.4. The maximum absolute atomic E-state index is 13.5. The number of anilines is 1. The third-order valence-corrected chi connectivity index (χ3v) is 3.90. The Kier molecular flexibility index (Phi) is 4.76. The van der Waals surface area contributed by atoms with Crippen LogP contribution in [0.15, 0.2) is 41.4 Å². The van der Waals surface area contributed by atoms with E-state index < -0.39 is 15.8 Å². The van der Waals surface area contributed by atoms with Crippen molar-refractivity contribution >= 4 is 27.4 Å². The maximum atomic E-state index is 13.5. The highest BCUT2D eigenvalue weighted by molar-refractivity contribution is 7.89. The van der Waals surface area contributed by atoms with E-state index in [1.807, 2.05) is 0 Å². The fourth-order valence-electron chi connectivity index (χ4n) is 1.72. The summed E-state index contributed by atoms with van der Waals surface area (Å²) in [4.78, 5) is 3.90. The van der Waals surface area contributed by atoms with Crippen molar-refractivity contribution in [2.75, 3.05) is 11.9 Å². The van der Waals surface area contributed by atoms with Gasteiger partial charge in [-0.3, -0.25) is 0 Å². The zero-order valence-corrected chi connectivity index (χ0v) is 12.5. The standard InChI is InChI=1S/C13H13ClFN3O2S/c14-10-7-12(15)13(18-8-10)17-6-5-9-1-3-11(4-2-9)21(16,19)20/h1-4,7-8H,5-6H2,(H,17,18)(H2,16,19,20). The van der Waals surface area contributed by atoms with E-state index in [0.29, 0.717) is 13.0 Å². The molecule has 5 nitrogen and oxygen atoms in total. The van der Waals surface area contributed by atoms with E-state index in [1.54, 1.807) is 12.1 Å². The maximum Gasteiger partial charge on any atom is 0.238 e. The lowest BCUT2D eigenvalue weighted by atomic mass is 10.1. The Morgan fingerprint density at radius 1 is 1.29 bits per heavy atom. The topological polar surface area (TPSA) is 85.1 Å². The third kappa shape index (κ3) is 4.38. The van der Waals surface area contributed by atoms with Crippen LogP contribution >= 0.6 is 11.6 Å². The molecule has 0 spiro atoms. The molecule has 2 aromatic rings. The molecule has 0 radical (unpaired) electrons. The minimum atomic E-state index is -3.68. The summed E-state index contributed by atoms with van der Waals surface area (Å²) in [6.45, 7) is 0.445. The van der Waals surface area contributed by atoms with Crippen LogP contribution < -0.4 is 10.5 Å². The van der Waals surface area contributed by atoms with Gasteiger partial charge in [-0.1, -0.05) is 23.7 Å². The van der Waals surface area contributed by atoms with Crippen molar-refractivity contribution in [2.24, 2.45) is 5.14 Å². The Morgan fingerprint density at radius 3 is 2.52 bits per heavy atom. The molecule has 0 fully saturated rings.